The maximum absolute atomic E-state index is 3.98. The summed E-state index contributed by atoms with van der Waals surface area (Å²) in [5.74, 6) is 1.80. The van der Waals surface area contributed by atoms with Gasteiger partial charge in [-0.2, -0.15) is 6.42 Å². The van der Waals surface area contributed by atoms with Crippen LogP contribution >= 0.6 is 0 Å². The SMILES string of the molecule is [CH2-]Cc1ccccc1[C@@H]1C[C@@H]1CC.[CH3-].[U+2].[U].[U]. The quantitative estimate of drug-likeness (QED) is 0.403. The third-order valence-electron chi connectivity index (χ3n) is 3.17. The van der Waals surface area contributed by atoms with E-state index in [2.05, 4.69) is 38.1 Å². The van der Waals surface area contributed by atoms with Gasteiger partial charge in [0, 0.05) is 62.2 Å². The maximum Gasteiger partial charge on any atom is 2.00 e. The van der Waals surface area contributed by atoms with Crippen molar-refractivity contribution in [2.75, 3.05) is 0 Å². The Kier molecular flexibility index (Phi) is 17.4. The molecule has 0 heterocycles. The Labute approximate surface area is 178 Å². The van der Waals surface area contributed by atoms with E-state index >= 15 is 0 Å². The third kappa shape index (κ3) is 6.58. The number of benzene rings is 1. The van der Waals surface area contributed by atoms with Crippen LogP contribution in [-0.2, 0) is 6.42 Å². The summed E-state index contributed by atoms with van der Waals surface area (Å²) >= 11 is 0. The Morgan fingerprint density at radius 3 is 2.29 bits per heavy atom. The summed E-state index contributed by atoms with van der Waals surface area (Å²) in [5.41, 5.74) is 3.01. The van der Waals surface area contributed by atoms with Crippen LogP contribution < -0.4 is 0 Å². The van der Waals surface area contributed by atoms with Crippen LogP contribution in [0, 0.1) is 114 Å². The molecule has 2 atom stereocenters. The van der Waals surface area contributed by atoms with Gasteiger partial charge in [0.05, 0.1) is 0 Å². The van der Waals surface area contributed by atoms with Crippen LogP contribution in [0.15, 0.2) is 24.3 Å². The number of hydrogen-bond acceptors (Lipinski definition) is 0. The fourth-order valence-corrected chi connectivity index (χ4v) is 2.20. The van der Waals surface area contributed by atoms with E-state index in [9.17, 15) is 0 Å². The third-order valence-corrected chi connectivity index (χ3v) is 3.17. The molecule has 17 heavy (non-hydrogen) atoms. The van der Waals surface area contributed by atoms with Gasteiger partial charge in [0.25, 0.3) is 0 Å². The van der Waals surface area contributed by atoms with E-state index in [0.29, 0.717) is 0 Å². The summed E-state index contributed by atoms with van der Waals surface area (Å²) in [4.78, 5) is 0. The van der Waals surface area contributed by atoms with Crippen LogP contribution in [0.25, 0.3) is 0 Å². The summed E-state index contributed by atoms with van der Waals surface area (Å²) in [6.45, 7) is 6.27. The predicted molar refractivity (Wildman–Crippen MR) is 63.1 cm³/mol. The second-order valence-electron chi connectivity index (χ2n) is 3.96. The topological polar surface area (TPSA) is 0 Å². The fraction of sp³-hybridized carbons (Fsp3) is 0.429. The predicted octanol–water partition coefficient (Wildman–Crippen LogP) is 4.03. The van der Waals surface area contributed by atoms with Crippen molar-refractivity contribution in [2.45, 2.75) is 32.1 Å². The molecule has 1 aromatic rings. The first-order chi connectivity index (χ1) is 6.36. The van der Waals surface area contributed by atoms with E-state index in [-0.39, 0.29) is 101 Å². The average Bonchev–Trinajstić information content (AvgIpc) is 2.96. The monoisotopic (exact) mass is 902 g/mol. The average molecular weight is 902 g/mol. The van der Waals surface area contributed by atoms with E-state index in [1.807, 2.05) is 0 Å². The molecule has 0 amide bonds. The Balaban J connectivity index is -0.000000490. The molecule has 0 N–H and O–H groups in total. The molecule has 0 unspecified atom stereocenters. The summed E-state index contributed by atoms with van der Waals surface area (Å²) in [7, 11) is 0. The Morgan fingerprint density at radius 2 is 1.82 bits per heavy atom. The van der Waals surface area contributed by atoms with E-state index in [4.69, 9.17) is 0 Å². The van der Waals surface area contributed by atoms with Crippen molar-refractivity contribution in [1.82, 2.24) is 0 Å². The molecule has 1 fully saturated rings. The van der Waals surface area contributed by atoms with Crippen molar-refractivity contribution in [3.05, 3.63) is 49.7 Å². The van der Waals surface area contributed by atoms with E-state index in [1.165, 1.54) is 18.4 Å². The Morgan fingerprint density at radius 1 is 1.24 bits per heavy atom. The van der Waals surface area contributed by atoms with Crippen molar-refractivity contribution >= 4 is 0 Å². The van der Waals surface area contributed by atoms with Crippen molar-refractivity contribution in [2.24, 2.45) is 5.92 Å². The molecule has 0 aromatic heterocycles. The molecule has 0 saturated heterocycles. The molecule has 88 valence electrons. The zero-order chi connectivity index (χ0) is 9.26. The zero-order valence-electron chi connectivity index (χ0n) is 10.8. The van der Waals surface area contributed by atoms with Crippen LogP contribution in [0.3, 0.4) is 0 Å². The van der Waals surface area contributed by atoms with Gasteiger partial charge in [-0.1, -0.05) is 43.2 Å². The summed E-state index contributed by atoms with van der Waals surface area (Å²) in [5, 5.41) is 0. The van der Waals surface area contributed by atoms with Crippen LogP contribution in [-0.4, -0.2) is 0 Å². The summed E-state index contributed by atoms with van der Waals surface area (Å²) in [6, 6.07) is 8.76. The molecule has 1 aliphatic rings. The van der Waals surface area contributed by atoms with Crippen LogP contribution in [0.2, 0.25) is 0 Å². The van der Waals surface area contributed by atoms with Crippen LogP contribution in [0.4, 0.5) is 0 Å². The summed E-state index contributed by atoms with van der Waals surface area (Å²) in [6.07, 6.45) is 3.66. The molecule has 0 bridgehead atoms. The van der Waals surface area contributed by atoms with Crippen molar-refractivity contribution < 1.29 is 93.3 Å². The number of hydrogen-bond donors (Lipinski definition) is 0. The van der Waals surface area contributed by atoms with Gasteiger partial charge in [0.1, 0.15) is 0 Å². The van der Waals surface area contributed by atoms with Gasteiger partial charge in [-0.15, -0.1) is 0 Å². The minimum atomic E-state index is 0. The Hall–Kier alpha value is 2.38. The largest absolute Gasteiger partial charge is 2.00 e. The first kappa shape index (κ1) is 24.4. The Bertz CT molecular complexity index is 299. The first-order valence-corrected chi connectivity index (χ1v) is 5.23. The van der Waals surface area contributed by atoms with Gasteiger partial charge in [-0.05, 0) is 23.8 Å². The fourth-order valence-electron chi connectivity index (χ4n) is 2.20. The smallest absolute Gasteiger partial charge is 0.358 e. The van der Waals surface area contributed by atoms with Gasteiger partial charge in [-0.3, -0.25) is 0 Å². The molecule has 1 aliphatic carbocycles. The molecule has 2 rings (SSSR count). The molecule has 1 aromatic carbocycles. The van der Waals surface area contributed by atoms with Crippen molar-refractivity contribution in [3.63, 3.8) is 0 Å². The molecule has 3 heteroatoms. The van der Waals surface area contributed by atoms with E-state index in [0.717, 1.165) is 18.3 Å². The van der Waals surface area contributed by atoms with Gasteiger partial charge in [0.2, 0.25) is 0 Å². The minimum absolute atomic E-state index is 0. The summed E-state index contributed by atoms with van der Waals surface area (Å²) < 4.78 is 0. The molecule has 0 spiro atoms. The van der Waals surface area contributed by atoms with Gasteiger partial charge < -0.3 is 14.4 Å². The standard InChI is InChI=1S/C13H17.CH3.3U/c1-3-10-7-5-6-8-12(10)13-9-11(13)4-2;;;;/h5-8,11,13H,1,3-4,9H2,2H3;1H3;;;/q2*-1;;;+2/t11-,13+;;;;/m0..../s1. The zero-order valence-corrected chi connectivity index (χ0v) is 23.3. The van der Waals surface area contributed by atoms with Crippen LogP contribution in [0.1, 0.15) is 36.8 Å². The van der Waals surface area contributed by atoms with Crippen molar-refractivity contribution in [1.29, 1.82) is 0 Å². The van der Waals surface area contributed by atoms with E-state index in [1.54, 1.807) is 5.56 Å². The second kappa shape index (κ2) is 12.1. The first-order valence-electron chi connectivity index (χ1n) is 5.23. The van der Waals surface area contributed by atoms with Gasteiger partial charge in [0.15, 0.2) is 0 Å². The second-order valence-corrected chi connectivity index (χ2v) is 3.96. The normalized spacial score (nSPS) is 19.9. The van der Waals surface area contributed by atoms with Gasteiger partial charge in [-0.25, -0.2) is 0 Å². The molecular weight excluding hydrogens is 882 g/mol. The van der Waals surface area contributed by atoms with Gasteiger partial charge >= 0.3 is 31.1 Å². The molecule has 1 saturated carbocycles. The van der Waals surface area contributed by atoms with E-state index < -0.39 is 0 Å². The van der Waals surface area contributed by atoms with Crippen LogP contribution in [0.5, 0.6) is 0 Å². The molecule has 0 aliphatic heterocycles. The van der Waals surface area contributed by atoms with Crippen molar-refractivity contribution in [3.8, 4) is 0 Å². The molecule has 0 radical (unpaired) electrons. The maximum atomic E-state index is 3.98. The number of rotatable bonds is 3. The minimum Gasteiger partial charge on any atom is -0.358 e. The molecular formula is C14H20U3. The molecule has 0 nitrogen and oxygen atoms in total.